The minimum absolute atomic E-state index is 0.00862. The number of aryl methyl sites for hydroxylation is 1. The first-order valence-corrected chi connectivity index (χ1v) is 11.2. The molecule has 0 aliphatic carbocycles. The fraction of sp³-hybridized carbons (Fsp3) is 0.158. The molecule has 2 N–H and O–H groups in total. The molecular formula is C19H15F4N3O4S2. The van der Waals surface area contributed by atoms with Crippen LogP contribution in [-0.4, -0.2) is 25.7 Å². The number of alkyl halides is 3. The largest absolute Gasteiger partial charge is 0.573 e. The minimum atomic E-state index is -4.80. The van der Waals surface area contributed by atoms with Crippen molar-refractivity contribution in [2.24, 2.45) is 0 Å². The van der Waals surface area contributed by atoms with Crippen LogP contribution in [0.3, 0.4) is 0 Å². The molecule has 0 atom stereocenters. The van der Waals surface area contributed by atoms with Crippen molar-refractivity contribution >= 4 is 38.1 Å². The van der Waals surface area contributed by atoms with E-state index in [0.29, 0.717) is 5.69 Å². The molecule has 0 unspecified atom stereocenters. The zero-order valence-electron chi connectivity index (χ0n) is 16.0. The van der Waals surface area contributed by atoms with E-state index in [1.807, 2.05) is 0 Å². The van der Waals surface area contributed by atoms with Gasteiger partial charge in [0.05, 0.1) is 10.6 Å². The molecule has 0 aliphatic rings. The summed E-state index contributed by atoms with van der Waals surface area (Å²) in [5.41, 5.74) is 0.756. The maximum absolute atomic E-state index is 13.0. The number of carbonyl (C=O) groups excluding carboxylic acids is 1. The monoisotopic (exact) mass is 489 g/mol. The summed E-state index contributed by atoms with van der Waals surface area (Å²) in [6, 6.07) is 8.98. The number of hydrogen-bond acceptors (Lipinski definition) is 6. The summed E-state index contributed by atoms with van der Waals surface area (Å²) < 4.78 is 80.1. The van der Waals surface area contributed by atoms with Crippen LogP contribution in [0.2, 0.25) is 0 Å². The number of hydrogen-bond donors (Lipinski definition) is 2. The van der Waals surface area contributed by atoms with Gasteiger partial charge in [-0.1, -0.05) is 0 Å². The van der Waals surface area contributed by atoms with E-state index in [2.05, 4.69) is 19.8 Å². The lowest BCUT2D eigenvalue weighted by atomic mass is 10.2. The summed E-state index contributed by atoms with van der Waals surface area (Å²) in [6.45, 7) is 0. The molecule has 1 amide bonds. The lowest BCUT2D eigenvalue weighted by Crippen LogP contribution is -2.17. The topological polar surface area (TPSA) is 97.4 Å². The van der Waals surface area contributed by atoms with Crippen molar-refractivity contribution < 1.29 is 35.5 Å². The van der Waals surface area contributed by atoms with Gasteiger partial charge in [-0.05, 0) is 55.0 Å². The average Bonchev–Trinajstić information content (AvgIpc) is 3.14. The Balaban J connectivity index is 1.51. The van der Waals surface area contributed by atoms with E-state index in [9.17, 15) is 30.8 Å². The highest BCUT2D eigenvalue weighted by Gasteiger charge is 2.31. The third-order valence-electron chi connectivity index (χ3n) is 3.88. The first-order chi connectivity index (χ1) is 15.0. The number of sulfonamides is 1. The molecule has 32 heavy (non-hydrogen) atoms. The maximum atomic E-state index is 13.0. The predicted molar refractivity (Wildman–Crippen MR) is 109 cm³/mol. The van der Waals surface area contributed by atoms with Gasteiger partial charge >= 0.3 is 6.36 Å². The zero-order valence-corrected chi connectivity index (χ0v) is 17.7. The van der Waals surface area contributed by atoms with Gasteiger partial charge in [-0.3, -0.25) is 9.52 Å². The van der Waals surface area contributed by atoms with Crippen molar-refractivity contribution in [1.82, 2.24) is 4.98 Å². The van der Waals surface area contributed by atoms with Gasteiger partial charge in [0.15, 0.2) is 5.13 Å². The number of amides is 1. The smallest absolute Gasteiger partial charge is 0.406 e. The van der Waals surface area contributed by atoms with E-state index in [0.717, 1.165) is 47.7 Å². The Hall–Kier alpha value is -3.19. The highest BCUT2D eigenvalue weighted by Crippen LogP contribution is 2.24. The van der Waals surface area contributed by atoms with E-state index >= 15 is 0 Å². The number of rotatable bonds is 8. The Labute approximate surface area is 184 Å². The third-order valence-corrected chi connectivity index (χ3v) is 6.17. The molecule has 170 valence electrons. The Bertz CT molecular complexity index is 1180. The first-order valence-electron chi connectivity index (χ1n) is 8.89. The van der Waals surface area contributed by atoms with E-state index in [1.54, 1.807) is 5.38 Å². The molecule has 1 aromatic heterocycles. The van der Waals surface area contributed by atoms with Crippen LogP contribution in [-0.2, 0) is 21.2 Å². The van der Waals surface area contributed by atoms with Gasteiger partial charge < -0.3 is 10.1 Å². The summed E-state index contributed by atoms with van der Waals surface area (Å²) in [5, 5.41) is 4.20. The SMILES string of the molecule is O=C(CCc1csc(NS(=O)(=O)c2ccc(F)cc2)n1)Nc1ccc(OC(F)(F)F)cc1. The van der Waals surface area contributed by atoms with Crippen LogP contribution in [0.4, 0.5) is 28.4 Å². The normalized spacial score (nSPS) is 11.8. The lowest BCUT2D eigenvalue weighted by Gasteiger charge is -2.09. The van der Waals surface area contributed by atoms with Crippen LogP contribution >= 0.6 is 11.3 Å². The number of aromatic nitrogens is 1. The Kier molecular flexibility index (Phi) is 6.99. The van der Waals surface area contributed by atoms with E-state index in [1.165, 1.54) is 12.1 Å². The van der Waals surface area contributed by atoms with Crippen LogP contribution in [0, 0.1) is 5.82 Å². The predicted octanol–water partition coefficient (Wildman–Crippen LogP) is 4.55. The first kappa shape index (κ1) is 23.5. The highest BCUT2D eigenvalue weighted by molar-refractivity contribution is 7.93. The summed E-state index contributed by atoms with van der Waals surface area (Å²) in [7, 11) is -3.93. The molecule has 0 radical (unpaired) electrons. The molecule has 0 aliphatic heterocycles. The van der Waals surface area contributed by atoms with E-state index in [-0.39, 0.29) is 28.6 Å². The Morgan fingerprint density at radius 1 is 1.06 bits per heavy atom. The van der Waals surface area contributed by atoms with Crippen LogP contribution in [0.5, 0.6) is 5.75 Å². The van der Waals surface area contributed by atoms with E-state index in [4.69, 9.17) is 0 Å². The minimum Gasteiger partial charge on any atom is -0.406 e. The molecule has 0 saturated heterocycles. The van der Waals surface area contributed by atoms with Crippen molar-refractivity contribution in [2.45, 2.75) is 24.1 Å². The molecule has 0 spiro atoms. The molecule has 2 aromatic carbocycles. The van der Waals surface area contributed by atoms with Gasteiger partial charge in [0.2, 0.25) is 5.91 Å². The Morgan fingerprint density at radius 3 is 2.34 bits per heavy atom. The number of halogens is 4. The number of thiazole rings is 1. The fourth-order valence-electron chi connectivity index (χ4n) is 2.46. The molecule has 1 heterocycles. The van der Waals surface area contributed by atoms with Crippen molar-refractivity contribution in [3.05, 3.63) is 65.4 Å². The van der Waals surface area contributed by atoms with Gasteiger partial charge in [-0.25, -0.2) is 17.8 Å². The van der Waals surface area contributed by atoms with Gasteiger partial charge in [0, 0.05) is 17.5 Å². The Morgan fingerprint density at radius 2 is 1.72 bits per heavy atom. The molecule has 13 heteroatoms. The maximum Gasteiger partial charge on any atom is 0.573 e. The van der Waals surface area contributed by atoms with Crippen molar-refractivity contribution in [1.29, 1.82) is 0 Å². The summed E-state index contributed by atoms with van der Waals surface area (Å²) >= 11 is 1.02. The number of carbonyl (C=O) groups is 1. The quantitative estimate of drug-likeness (QED) is 0.453. The molecule has 0 saturated carbocycles. The van der Waals surface area contributed by atoms with Crippen molar-refractivity contribution in [3.8, 4) is 5.75 Å². The zero-order chi connectivity index (χ0) is 23.4. The summed E-state index contributed by atoms with van der Waals surface area (Å²) in [5.74, 6) is -1.38. The number of anilines is 2. The van der Waals surface area contributed by atoms with Gasteiger partial charge in [0.1, 0.15) is 11.6 Å². The summed E-state index contributed by atoms with van der Waals surface area (Å²) in [6.07, 6.45) is -4.59. The summed E-state index contributed by atoms with van der Waals surface area (Å²) in [4.78, 5) is 16.0. The van der Waals surface area contributed by atoms with Crippen LogP contribution in [0.25, 0.3) is 0 Å². The molecular weight excluding hydrogens is 474 g/mol. The highest BCUT2D eigenvalue weighted by atomic mass is 32.2. The van der Waals surface area contributed by atoms with Crippen molar-refractivity contribution in [3.63, 3.8) is 0 Å². The van der Waals surface area contributed by atoms with Gasteiger partial charge in [0.25, 0.3) is 10.0 Å². The fourth-order valence-corrected chi connectivity index (χ4v) is 4.46. The van der Waals surface area contributed by atoms with Crippen LogP contribution < -0.4 is 14.8 Å². The number of benzene rings is 2. The molecule has 0 fully saturated rings. The molecule has 0 bridgehead atoms. The second-order valence-electron chi connectivity index (χ2n) is 6.32. The van der Waals surface area contributed by atoms with Crippen LogP contribution in [0.1, 0.15) is 12.1 Å². The number of nitrogens with one attached hydrogen (secondary N) is 2. The average molecular weight is 489 g/mol. The molecule has 3 rings (SSSR count). The third kappa shape index (κ3) is 6.92. The number of nitrogens with zero attached hydrogens (tertiary/aromatic N) is 1. The van der Waals surface area contributed by atoms with Gasteiger partial charge in [-0.15, -0.1) is 24.5 Å². The number of ether oxygens (including phenoxy) is 1. The second kappa shape index (κ2) is 9.53. The second-order valence-corrected chi connectivity index (χ2v) is 8.86. The molecule has 3 aromatic rings. The van der Waals surface area contributed by atoms with Crippen LogP contribution in [0.15, 0.2) is 58.8 Å². The molecule has 7 nitrogen and oxygen atoms in total. The van der Waals surface area contributed by atoms with Crippen molar-refractivity contribution in [2.75, 3.05) is 10.0 Å². The van der Waals surface area contributed by atoms with Gasteiger partial charge in [-0.2, -0.15) is 0 Å². The van der Waals surface area contributed by atoms with E-state index < -0.39 is 33.9 Å². The lowest BCUT2D eigenvalue weighted by molar-refractivity contribution is -0.274. The standard InChI is InChI=1S/C19H15F4N3O4S2/c20-12-1-8-16(9-2-12)32(28,29)26-18-25-14(11-31-18)5-10-17(27)24-13-3-6-15(7-4-13)30-19(21,22)23/h1-4,6-9,11H,5,10H2,(H,24,27)(H,25,26).